The Kier molecular flexibility index (Phi) is 5.38. The van der Waals surface area contributed by atoms with Gasteiger partial charge in [0.2, 0.25) is 5.91 Å². The molecule has 1 amide bonds. The van der Waals surface area contributed by atoms with Crippen LogP contribution >= 0.6 is 0 Å². The van der Waals surface area contributed by atoms with Crippen LogP contribution in [0.3, 0.4) is 0 Å². The normalized spacial score (nSPS) is 10.7. The topological polar surface area (TPSA) is 52.9 Å². The molecule has 18 heavy (non-hydrogen) atoms. The van der Waals surface area contributed by atoms with Gasteiger partial charge in [-0.2, -0.15) is 5.26 Å². The Labute approximate surface area is 109 Å². The van der Waals surface area contributed by atoms with E-state index in [-0.39, 0.29) is 5.91 Å². The van der Waals surface area contributed by atoms with E-state index >= 15 is 0 Å². The van der Waals surface area contributed by atoms with Crippen LogP contribution in [0.25, 0.3) is 0 Å². The quantitative estimate of drug-likeness (QED) is 0.836. The molecule has 3 nitrogen and oxygen atoms in total. The Morgan fingerprint density at radius 3 is 2.39 bits per heavy atom. The first-order valence-corrected chi connectivity index (χ1v) is 6.42. The highest BCUT2D eigenvalue weighted by Gasteiger charge is 2.34. The Morgan fingerprint density at radius 2 is 1.89 bits per heavy atom. The van der Waals surface area contributed by atoms with E-state index in [0.29, 0.717) is 19.4 Å². The van der Waals surface area contributed by atoms with Gasteiger partial charge in [-0.15, -0.1) is 0 Å². The average molecular weight is 244 g/mol. The zero-order chi connectivity index (χ0) is 13.4. The van der Waals surface area contributed by atoms with Gasteiger partial charge in [-0.1, -0.05) is 44.2 Å². The summed E-state index contributed by atoms with van der Waals surface area (Å²) in [7, 11) is 0. The number of carbonyl (C=O) groups excluding carboxylic acids is 1. The molecule has 0 fully saturated rings. The summed E-state index contributed by atoms with van der Waals surface area (Å²) in [6.45, 7) is 4.33. The third-order valence-electron chi connectivity index (χ3n) is 3.40. The fourth-order valence-corrected chi connectivity index (χ4v) is 1.91. The van der Waals surface area contributed by atoms with Crippen molar-refractivity contribution in [2.24, 2.45) is 5.41 Å². The molecule has 0 aromatic heterocycles. The van der Waals surface area contributed by atoms with Gasteiger partial charge >= 0.3 is 0 Å². The van der Waals surface area contributed by atoms with Crippen LogP contribution in [0.5, 0.6) is 0 Å². The van der Waals surface area contributed by atoms with Crippen molar-refractivity contribution >= 4 is 5.91 Å². The van der Waals surface area contributed by atoms with Gasteiger partial charge in [0.1, 0.15) is 5.41 Å². The monoisotopic (exact) mass is 244 g/mol. The summed E-state index contributed by atoms with van der Waals surface area (Å²) in [5.74, 6) is -0.147. The van der Waals surface area contributed by atoms with Crippen LogP contribution in [0.2, 0.25) is 0 Å². The largest absolute Gasteiger partial charge is 0.354 e. The lowest BCUT2D eigenvalue weighted by Gasteiger charge is -2.22. The molecule has 0 aliphatic rings. The number of benzene rings is 1. The van der Waals surface area contributed by atoms with Gasteiger partial charge < -0.3 is 5.32 Å². The van der Waals surface area contributed by atoms with Crippen molar-refractivity contribution in [3.63, 3.8) is 0 Å². The van der Waals surface area contributed by atoms with Crippen LogP contribution in [-0.4, -0.2) is 12.5 Å². The summed E-state index contributed by atoms with van der Waals surface area (Å²) >= 11 is 0. The average Bonchev–Trinajstić information content (AvgIpc) is 2.42. The highest BCUT2D eigenvalue weighted by Crippen LogP contribution is 2.25. The van der Waals surface area contributed by atoms with E-state index in [1.54, 1.807) is 0 Å². The number of carbonyl (C=O) groups is 1. The first-order valence-electron chi connectivity index (χ1n) is 6.42. The molecule has 0 radical (unpaired) electrons. The van der Waals surface area contributed by atoms with E-state index in [1.807, 2.05) is 44.2 Å². The minimum absolute atomic E-state index is 0.147. The summed E-state index contributed by atoms with van der Waals surface area (Å²) < 4.78 is 0. The van der Waals surface area contributed by atoms with Crippen molar-refractivity contribution in [1.82, 2.24) is 5.32 Å². The molecule has 0 unspecified atom stereocenters. The van der Waals surface area contributed by atoms with Crippen molar-refractivity contribution in [2.45, 2.75) is 33.1 Å². The second-order valence-electron chi connectivity index (χ2n) is 4.39. The number of rotatable bonds is 6. The molecular weight excluding hydrogens is 224 g/mol. The van der Waals surface area contributed by atoms with E-state index in [2.05, 4.69) is 11.4 Å². The molecule has 0 saturated heterocycles. The van der Waals surface area contributed by atoms with Crippen LogP contribution < -0.4 is 5.32 Å². The van der Waals surface area contributed by atoms with E-state index in [0.717, 1.165) is 6.42 Å². The van der Waals surface area contributed by atoms with Gasteiger partial charge in [-0.05, 0) is 24.8 Å². The third kappa shape index (κ3) is 3.33. The molecule has 1 aromatic rings. The van der Waals surface area contributed by atoms with Crippen molar-refractivity contribution < 1.29 is 4.79 Å². The number of nitrogens with one attached hydrogen (secondary N) is 1. The minimum Gasteiger partial charge on any atom is -0.354 e. The highest BCUT2D eigenvalue weighted by molar-refractivity contribution is 5.85. The molecule has 0 bridgehead atoms. The fraction of sp³-hybridized carbons (Fsp3) is 0.467. The molecule has 0 aliphatic heterocycles. The van der Waals surface area contributed by atoms with Crippen molar-refractivity contribution in [3.8, 4) is 6.07 Å². The SMILES string of the molecule is CCC(C#N)(CC)C(=O)NCCc1ccccc1. The van der Waals surface area contributed by atoms with Crippen LogP contribution in [-0.2, 0) is 11.2 Å². The molecule has 0 saturated carbocycles. The zero-order valence-electron chi connectivity index (χ0n) is 11.1. The van der Waals surface area contributed by atoms with Crippen molar-refractivity contribution in [2.75, 3.05) is 6.54 Å². The van der Waals surface area contributed by atoms with Crippen molar-refractivity contribution in [1.29, 1.82) is 5.26 Å². The smallest absolute Gasteiger partial charge is 0.240 e. The third-order valence-corrected chi connectivity index (χ3v) is 3.40. The molecule has 1 N–H and O–H groups in total. The fourth-order valence-electron chi connectivity index (χ4n) is 1.91. The second kappa shape index (κ2) is 6.80. The maximum atomic E-state index is 12.0. The predicted molar refractivity (Wildman–Crippen MR) is 71.8 cm³/mol. The van der Waals surface area contributed by atoms with Gasteiger partial charge in [0, 0.05) is 6.54 Å². The maximum absolute atomic E-state index is 12.0. The Hall–Kier alpha value is -1.82. The Bertz CT molecular complexity index is 416. The lowest BCUT2D eigenvalue weighted by molar-refractivity contribution is -0.128. The van der Waals surface area contributed by atoms with Crippen LogP contribution in [0, 0.1) is 16.7 Å². The summed E-state index contributed by atoms with van der Waals surface area (Å²) in [5.41, 5.74) is 0.324. The Balaban J connectivity index is 2.49. The number of hydrogen-bond donors (Lipinski definition) is 1. The van der Waals surface area contributed by atoms with Gasteiger partial charge in [-0.3, -0.25) is 4.79 Å². The second-order valence-corrected chi connectivity index (χ2v) is 4.39. The minimum atomic E-state index is -0.864. The summed E-state index contributed by atoms with van der Waals surface area (Å²) in [6.07, 6.45) is 1.90. The molecule has 0 spiro atoms. The standard InChI is InChI=1S/C15H20N2O/c1-3-15(4-2,12-16)14(18)17-11-10-13-8-6-5-7-9-13/h5-9H,3-4,10-11H2,1-2H3,(H,17,18). The molecule has 0 heterocycles. The molecule has 96 valence electrons. The predicted octanol–water partition coefficient (Wildman–Crippen LogP) is 2.68. The van der Waals surface area contributed by atoms with Gasteiger partial charge in [0.25, 0.3) is 0 Å². The lowest BCUT2D eigenvalue weighted by Crippen LogP contribution is -2.40. The van der Waals surface area contributed by atoms with Crippen LogP contribution in [0.15, 0.2) is 30.3 Å². The maximum Gasteiger partial charge on any atom is 0.240 e. The molecule has 3 heteroatoms. The first-order chi connectivity index (χ1) is 8.68. The number of hydrogen-bond acceptors (Lipinski definition) is 2. The van der Waals surface area contributed by atoms with Gasteiger partial charge in [-0.25, -0.2) is 0 Å². The summed E-state index contributed by atoms with van der Waals surface area (Å²) in [5, 5.41) is 12.0. The van der Waals surface area contributed by atoms with E-state index in [9.17, 15) is 4.79 Å². The summed E-state index contributed by atoms with van der Waals surface area (Å²) in [4.78, 5) is 12.0. The summed E-state index contributed by atoms with van der Waals surface area (Å²) in [6, 6.07) is 12.1. The van der Waals surface area contributed by atoms with E-state index < -0.39 is 5.41 Å². The van der Waals surface area contributed by atoms with Crippen LogP contribution in [0.4, 0.5) is 0 Å². The Morgan fingerprint density at radius 1 is 1.28 bits per heavy atom. The molecular formula is C15H20N2O. The molecule has 1 rings (SSSR count). The number of amides is 1. The lowest BCUT2D eigenvalue weighted by atomic mass is 9.83. The van der Waals surface area contributed by atoms with E-state index in [4.69, 9.17) is 5.26 Å². The zero-order valence-corrected chi connectivity index (χ0v) is 11.1. The van der Waals surface area contributed by atoms with Crippen LogP contribution in [0.1, 0.15) is 32.3 Å². The van der Waals surface area contributed by atoms with Crippen molar-refractivity contribution in [3.05, 3.63) is 35.9 Å². The van der Waals surface area contributed by atoms with Gasteiger partial charge in [0.15, 0.2) is 0 Å². The van der Waals surface area contributed by atoms with E-state index in [1.165, 1.54) is 5.56 Å². The highest BCUT2D eigenvalue weighted by atomic mass is 16.2. The molecule has 1 aromatic carbocycles. The molecule has 0 aliphatic carbocycles. The number of nitrogens with zero attached hydrogens (tertiary/aromatic N) is 1. The molecule has 0 atom stereocenters. The number of nitriles is 1. The van der Waals surface area contributed by atoms with Gasteiger partial charge in [0.05, 0.1) is 6.07 Å². The first kappa shape index (κ1) is 14.2.